The molecule has 0 heterocycles. The molecule has 3 aromatic carbocycles. The second-order valence-electron chi connectivity index (χ2n) is 6.47. The average molecular weight is 459 g/mol. The number of halogens is 1. The van der Waals surface area contributed by atoms with Crippen LogP contribution in [0.1, 0.15) is 21.5 Å². The molecule has 1 amide bonds. The van der Waals surface area contributed by atoms with Crippen molar-refractivity contribution in [3.63, 3.8) is 0 Å². The minimum absolute atomic E-state index is 0.0307. The van der Waals surface area contributed by atoms with Crippen LogP contribution in [0.5, 0.6) is 11.5 Å². The topological polar surface area (TPSA) is 94.1 Å². The van der Waals surface area contributed by atoms with Crippen molar-refractivity contribution in [2.75, 3.05) is 7.11 Å². The highest BCUT2D eigenvalue weighted by atomic mass is 35.5. The van der Waals surface area contributed by atoms with Gasteiger partial charge in [-0.3, -0.25) is 4.79 Å². The van der Waals surface area contributed by atoms with Crippen molar-refractivity contribution in [2.45, 2.75) is 11.8 Å². The summed E-state index contributed by atoms with van der Waals surface area (Å²) < 4.78 is 35.5. The van der Waals surface area contributed by atoms with E-state index in [0.717, 1.165) is 5.56 Å². The average Bonchev–Trinajstić information content (AvgIpc) is 2.74. The van der Waals surface area contributed by atoms with Crippen molar-refractivity contribution in [1.82, 2.24) is 5.43 Å². The Morgan fingerprint density at radius 2 is 1.77 bits per heavy atom. The number of carbonyl (C=O) groups is 1. The molecule has 0 spiro atoms. The second kappa shape index (κ2) is 9.63. The highest BCUT2D eigenvalue weighted by Gasteiger charge is 2.19. The van der Waals surface area contributed by atoms with Gasteiger partial charge in [-0.1, -0.05) is 35.4 Å². The number of nitrogens with one attached hydrogen (secondary N) is 1. The monoisotopic (exact) mass is 458 g/mol. The van der Waals surface area contributed by atoms with Crippen LogP contribution in [-0.2, 0) is 10.1 Å². The Labute approximate surface area is 185 Å². The standard InChI is InChI=1S/C22H19ClN2O5S/c1-15-6-9-19(10-7-15)31(27,28)30-20-11-8-16(12-21(20)29-2)14-24-25-22(26)17-4-3-5-18(23)13-17/h3-14H,1-2H3,(H,25,26)/b24-14-. The third-order valence-corrected chi connectivity index (χ3v) is 5.65. The van der Waals surface area contributed by atoms with Gasteiger partial charge in [0.25, 0.3) is 5.91 Å². The fraction of sp³-hybridized carbons (Fsp3) is 0.0909. The summed E-state index contributed by atoms with van der Waals surface area (Å²) in [7, 11) is -2.63. The van der Waals surface area contributed by atoms with E-state index in [0.29, 0.717) is 16.1 Å². The first-order chi connectivity index (χ1) is 14.8. The van der Waals surface area contributed by atoms with Crippen LogP contribution >= 0.6 is 11.6 Å². The van der Waals surface area contributed by atoms with Crippen molar-refractivity contribution in [3.05, 3.63) is 88.4 Å². The molecule has 0 aromatic heterocycles. The Balaban J connectivity index is 1.73. The van der Waals surface area contributed by atoms with Crippen LogP contribution in [0.25, 0.3) is 0 Å². The van der Waals surface area contributed by atoms with Gasteiger partial charge in [0.2, 0.25) is 0 Å². The fourth-order valence-corrected chi connectivity index (χ4v) is 3.69. The number of benzene rings is 3. The largest absolute Gasteiger partial charge is 0.493 e. The van der Waals surface area contributed by atoms with Crippen molar-refractivity contribution in [3.8, 4) is 11.5 Å². The number of aryl methyl sites for hydroxylation is 1. The summed E-state index contributed by atoms with van der Waals surface area (Å²) in [6.07, 6.45) is 1.39. The highest BCUT2D eigenvalue weighted by molar-refractivity contribution is 7.87. The maximum atomic E-state index is 12.5. The Morgan fingerprint density at radius 3 is 2.45 bits per heavy atom. The molecular formula is C22H19ClN2O5S. The van der Waals surface area contributed by atoms with Crippen molar-refractivity contribution < 1.29 is 22.1 Å². The number of rotatable bonds is 7. The van der Waals surface area contributed by atoms with E-state index in [9.17, 15) is 13.2 Å². The summed E-state index contributed by atoms with van der Waals surface area (Å²) in [6, 6.07) is 17.3. The maximum Gasteiger partial charge on any atom is 0.339 e. The van der Waals surface area contributed by atoms with Gasteiger partial charge in [-0.2, -0.15) is 13.5 Å². The third kappa shape index (κ3) is 5.84. The van der Waals surface area contributed by atoms with Gasteiger partial charge >= 0.3 is 10.1 Å². The van der Waals surface area contributed by atoms with E-state index < -0.39 is 16.0 Å². The number of methoxy groups -OCH3 is 1. The molecule has 160 valence electrons. The van der Waals surface area contributed by atoms with Crippen molar-refractivity contribution >= 4 is 33.8 Å². The molecular weight excluding hydrogens is 440 g/mol. The number of hydrazone groups is 1. The summed E-state index contributed by atoms with van der Waals surface area (Å²) in [5.74, 6) is -0.196. The van der Waals surface area contributed by atoms with Crippen LogP contribution in [0.3, 0.4) is 0 Å². The van der Waals surface area contributed by atoms with Crippen LogP contribution in [0.15, 0.2) is 76.7 Å². The lowest BCUT2D eigenvalue weighted by Gasteiger charge is -2.11. The van der Waals surface area contributed by atoms with Gasteiger partial charge in [0.1, 0.15) is 4.90 Å². The molecule has 0 aliphatic rings. The summed E-state index contributed by atoms with van der Waals surface area (Å²) >= 11 is 5.87. The Hall–Kier alpha value is -3.36. The van der Waals surface area contributed by atoms with E-state index in [1.54, 1.807) is 36.4 Å². The summed E-state index contributed by atoms with van der Waals surface area (Å²) in [4.78, 5) is 12.1. The molecule has 3 rings (SSSR count). The van der Waals surface area contributed by atoms with Gasteiger partial charge in [0.05, 0.1) is 13.3 Å². The smallest absolute Gasteiger partial charge is 0.339 e. The van der Waals surface area contributed by atoms with Crippen molar-refractivity contribution in [2.24, 2.45) is 5.10 Å². The van der Waals surface area contributed by atoms with E-state index in [2.05, 4.69) is 10.5 Å². The van der Waals surface area contributed by atoms with Gasteiger partial charge < -0.3 is 8.92 Å². The van der Waals surface area contributed by atoms with E-state index in [-0.39, 0.29) is 16.4 Å². The van der Waals surface area contributed by atoms with Gasteiger partial charge in [-0.25, -0.2) is 5.43 Å². The number of hydrogen-bond donors (Lipinski definition) is 1. The molecule has 0 atom stereocenters. The number of ether oxygens (including phenoxy) is 1. The van der Waals surface area contributed by atoms with Crippen LogP contribution in [0.2, 0.25) is 5.02 Å². The van der Waals surface area contributed by atoms with E-state index in [1.165, 1.54) is 43.7 Å². The normalized spacial score (nSPS) is 11.3. The van der Waals surface area contributed by atoms with Gasteiger partial charge in [-0.05, 0) is 61.0 Å². The minimum atomic E-state index is -4.02. The van der Waals surface area contributed by atoms with Gasteiger partial charge in [-0.15, -0.1) is 0 Å². The zero-order valence-electron chi connectivity index (χ0n) is 16.7. The fourth-order valence-electron chi connectivity index (χ4n) is 2.56. The van der Waals surface area contributed by atoms with Gasteiger partial charge in [0.15, 0.2) is 11.5 Å². The predicted molar refractivity (Wildman–Crippen MR) is 118 cm³/mol. The molecule has 0 unspecified atom stereocenters. The molecule has 0 aliphatic carbocycles. The van der Waals surface area contributed by atoms with E-state index >= 15 is 0 Å². The van der Waals surface area contributed by atoms with Crippen molar-refractivity contribution in [1.29, 1.82) is 0 Å². The molecule has 3 aromatic rings. The number of nitrogens with zero attached hydrogens (tertiary/aromatic N) is 1. The molecule has 0 radical (unpaired) electrons. The van der Waals surface area contributed by atoms with Crippen LogP contribution < -0.4 is 14.3 Å². The molecule has 7 nitrogen and oxygen atoms in total. The highest BCUT2D eigenvalue weighted by Crippen LogP contribution is 2.30. The van der Waals surface area contributed by atoms with E-state index in [4.69, 9.17) is 20.5 Å². The first-order valence-corrected chi connectivity index (χ1v) is 10.9. The molecule has 0 saturated carbocycles. The molecule has 0 fully saturated rings. The SMILES string of the molecule is COc1cc(/C=N\NC(=O)c2cccc(Cl)c2)ccc1OS(=O)(=O)c1ccc(C)cc1. The van der Waals surface area contributed by atoms with Crippen LogP contribution in [0, 0.1) is 6.92 Å². The second-order valence-corrected chi connectivity index (χ2v) is 8.45. The lowest BCUT2D eigenvalue weighted by molar-refractivity contribution is 0.0955. The lowest BCUT2D eigenvalue weighted by Crippen LogP contribution is -2.17. The first-order valence-electron chi connectivity index (χ1n) is 9.06. The zero-order valence-corrected chi connectivity index (χ0v) is 18.3. The molecule has 0 bridgehead atoms. The quantitative estimate of drug-likeness (QED) is 0.325. The summed E-state index contributed by atoms with van der Waals surface area (Å²) in [5.41, 5.74) is 4.25. The molecule has 31 heavy (non-hydrogen) atoms. The zero-order chi connectivity index (χ0) is 22.4. The first kappa shape index (κ1) is 22.3. The third-order valence-electron chi connectivity index (χ3n) is 4.16. The predicted octanol–water partition coefficient (Wildman–Crippen LogP) is 4.19. The number of carbonyl (C=O) groups excluding carboxylic acids is 1. The van der Waals surface area contributed by atoms with Crippen LogP contribution in [-0.4, -0.2) is 27.6 Å². The lowest BCUT2D eigenvalue weighted by atomic mass is 10.2. The summed E-state index contributed by atoms with van der Waals surface area (Å²) in [5, 5.41) is 4.34. The Morgan fingerprint density at radius 1 is 1.03 bits per heavy atom. The molecule has 1 N–H and O–H groups in total. The van der Waals surface area contributed by atoms with Gasteiger partial charge in [0, 0.05) is 10.6 Å². The van der Waals surface area contributed by atoms with Crippen LogP contribution in [0.4, 0.5) is 0 Å². The summed E-state index contributed by atoms with van der Waals surface area (Å²) in [6.45, 7) is 1.86. The molecule has 0 saturated heterocycles. The number of hydrogen-bond acceptors (Lipinski definition) is 6. The maximum absolute atomic E-state index is 12.5. The molecule has 0 aliphatic heterocycles. The Bertz CT molecular complexity index is 1220. The number of amides is 1. The van der Waals surface area contributed by atoms with E-state index in [1.807, 2.05) is 6.92 Å². The molecule has 9 heteroatoms. The minimum Gasteiger partial charge on any atom is -0.493 e. The Kier molecular flexibility index (Phi) is 6.94.